The van der Waals surface area contributed by atoms with Crippen LogP contribution in [0.3, 0.4) is 0 Å². The number of hydrogen-bond donors (Lipinski definition) is 0. The molecule has 0 saturated heterocycles. The molecule has 5 nitrogen and oxygen atoms in total. The maximum absolute atomic E-state index is 12.5. The maximum Gasteiger partial charge on any atom is 0.488 e. The number of benzene rings is 1. The van der Waals surface area contributed by atoms with Gasteiger partial charge in [0.25, 0.3) is 0 Å². The fourth-order valence-corrected chi connectivity index (χ4v) is 4.57. The Balaban J connectivity index is 1.66. The third kappa shape index (κ3) is 3.71. The number of ether oxygens (including phenoxy) is 1. The summed E-state index contributed by atoms with van der Waals surface area (Å²) in [7, 11) is -5.07. The van der Waals surface area contributed by atoms with Gasteiger partial charge in [0.05, 0.1) is 5.56 Å². The van der Waals surface area contributed by atoms with Gasteiger partial charge in [0.15, 0.2) is 0 Å². The van der Waals surface area contributed by atoms with Crippen LogP contribution in [0.5, 0.6) is 5.75 Å². The minimum absolute atomic E-state index is 0.193. The molecule has 1 aromatic rings. The first-order chi connectivity index (χ1) is 11.1. The molecule has 3 rings (SSSR count). The summed E-state index contributed by atoms with van der Waals surface area (Å²) < 4.78 is 43.2. The van der Waals surface area contributed by atoms with Crippen molar-refractivity contribution in [2.24, 2.45) is 17.8 Å². The van der Waals surface area contributed by atoms with Crippen LogP contribution in [0, 0.1) is 17.8 Å². The smallest absolute Gasteiger partial charge is 0.456 e. The van der Waals surface area contributed by atoms with Crippen LogP contribution in [-0.2, 0) is 15.2 Å². The maximum atomic E-state index is 12.5. The van der Waals surface area contributed by atoms with Crippen LogP contribution in [0.4, 0.5) is 3.89 Å². The van der Waals surface area contributed by atoms with Crippen LogP contribution in [-0.4, -0.2) is 20.0 Å². The van der Waals surface area contributed by atoms with E-state index in [1.165, 1.54) is 43.5 Å². The summed E-state index contributed by atoms with van der Waals surface area (Å²) in [5.41, 5.74) is -0.274. The summed E-state index contributed by atoms with van der Waals surface area (Å²) in [6, 6.07) is 5.16. The predicted molar refractivity (Wildman–Crippen MR) is 85.5 cm³/mol. The summed E-state index contributed by atoms with van der Waals surface area (Å²) in [5, 5.41) is 0. The molecule has 24 heavy (non-hydrogen) atoms. The van der Waals surface area contributed by atoms with Crippen molar-refractivity contribution in [3.05, 3.63) is 29.8 Å². The molecule has 3 atom stereocenters. The first kappa shape index (κ1) is 17.2. The van der Waals surface area contributed by atoms with E-state index in [4.69, 9.17) is 4.74 Å². The van der Waals surface area contributed by atoms with Crippen molar-refractivity contribution in [3.63, 3.8) is 0 Å². The Morgan fingerprint density at radius 1 is 1.17 bits per heavy atom. The van der Waals surface area contributed by atoms with E-state index in [0.29, 0.717) is 11.8 Å². The Morgan fingerprint density at radius 2 is 1.83 bits per heavy atom. The molecule has 1 aromatic carbocycles. The molecule has 0 N–H and O–H groups in total. The summed E-state index contributed by atoms with van der Waals surface area (Å²) in [6.07, 6.45) is 4.83. The van der Waals surface area contributed by atoms with E-state index in [-0.39, 0.29) is 11.3 Å². The second-order valence-corrected chi connectivity index (χ2v) is 8.23. The number of fused-ring (bicyclic) bond motifs is 2. The first-order valence-corrected chi connectivity index (χ1v) is 9.42. The molecule has 0 aliphatic heterocycles. The summed E-state index contributed by atoms with van der Waals surface area (Å²) in [6.45, 7) is 3.90. The third-order valence-corrected chi connectivity index (χ3v) is 5.66. The first-order valence-electron chi connectivity index (χ1n) is 8.11. The molecule has 2 fully saturated rings. The Morgan fingerprint density at radius 3 is 2.33 bits per heavy atom. The van der Waals surface area contributed by atoms with Crippen LogP contribution in [0.2, 0.25) is 0 Å². The van der Waals surface area contributed by atoms with Gasteiger partial charge in [0, 0.05) is 5.92 Å². The number of carbonyl (C=O) groups excluding carboxylic acids is 1. The Hall–Kier alpha value is -1.63. The standard InChI is InChI=1S/C17H21FO5S/c1-17(2,15-10-11-3-4-13(15)9-11)22-16(19)12-5-7-14(8-6-12)23-24(18,20)21/h5-8,11,13,15H,3-4,9-10H2,1-2H3. The highest BCUT2D eigenvalue weighted by Crippen LogP contribution is 2.52. The Kier molecular flexibility index (Phi) is 4.32. The monoisotopic (exact) mass is 356 g/mol. The Labute approximate surface area is 141 Å². The zero-order valence-electron chi connectivity index (χ0n) is 13.7. The van der Waals surface area contributed by atoms with Gasteiger partial charge in [0.1, 0.15) is 11.4 Å². The minimum atomic E-state index is -5.07. The lowest BCUT2D eigenvalue weighted by Gasteiger charge is -2.36. The molecule has 3 unspecified atom stereocenters. The molecule has 2 aliphatic carbocycles. The van der Waals surface area contributed by atoms with Crippen molar-refractivity contribution in [2.45, 2.75) is 45.1 Å². The fraction of sp³-hybridized carbons (Fsp3) is 0.588. The van der Waals surface area contributed by atoms with Gasteiger partial charge in [-0.25, -0.2) is 4.79 Å². The highest BCUT2D eigenvalue weighted by Gasteiger charge is 2.48. The molecule has 0 heterocycles. The Bertz CT molecular complexity index is 726. The zero-order valence-corrected chi connectivity index (χ0v) is 14.5. The van der Waals surface area contributed by atoms with E-state index < -0.39 is 22.1 Å². The van der Waals surface area contributed by atoms with E-state index in [9.17, 15) is 17.1 Å². The van der Waals surface area contributed by atoms with Gasteiger partial charge in [0.2, 0.25) is 0 Å². The normalized spacial score (nSPS) is 26.4. The van der Waals surface area contributed by atoms with E-state index in [1.54, 1.807) is 0 Å². The molecule has 7 heteroatoms. The summed E-state index contributed by atoms with van der Waals surface area (Å²) in [5.74, 6) is 1.10. The third-order valence-electron chi connectivity index (χ3n) is 5.27. The van der Waals surface area contributed by atoms with Gasteiger partial charge in [-0.1, -0.05) is 10.3 Å². The number of halogens is 1. The molecular formula is C17H21FO5S. The lowest BCUT2D eigenvalue weighted by atomic mass is 9.78. The molecule has 2 saturated carbocycles. The van der Waals surface area contributed by atoms with E-state index >= 15 is 0 Å². The average molecular weight is 356 g/mol. The number of rotatable bonds is 5. The van der Waals surface area contributed by atoms with Crippen molar-refractivity contribution in [1.29, 1.82) is 0 Å². The molecule has 132 valence electrons. The fourth-order valence-electron chi connectivity index (χ4n) is 4.23. The summed E-state index contributed by atoms with van der Waals surface area (Å²) in [4.78, 5) is 12.4. The molecule has 0 spiro atoms. The minimum Gasteiger partial charge on any atom is -0.456 e. The van der Waals surface area contributed by atoms with E-state index in [0.717, 1.165) is 12.3 Å². The zero-order chi connectivity index (χ0) is 17.5. The van der Waals surface area contributed by atoms with Gasteiger partial charge < -0.3 is 8.92 Å². The molecule has 0 aromatic heterocycles. The quantitative estimate of drug-likeness (QED) is 0.595. The van der Waals surface area contributed by atoms with Crippen LogP contribution in [0.25, 0.3) is 0 Å². The number of carbonyl (C=O) groups is 1. The van der Waals surface area contributed by atoms with Gasteiger partial charge in [-0.2, -0.15) is 8.42 Å². The number of hydrogen-bond acceptors (Lipinski definition) is 5. The van der Waals surface area contributed by atoms with Crippen LogP contribution < -0.4 is 4.18 Å². The second kappa shape index (κ2) is 6.02. The van der Waals surface area contributed by atoms with Crippen LogP contribution >= 0.6 is 0 Å². The molecule has 0 radical (unpaired) electrons. The van der Waals surface area contributed by atoms with E-state index in [2.05, 4.69) is 4.18 Å². The summed E-state index contributed by atoms with van der Waals surface area (Å²) >= 11 is 0. The molecule has 0 amide bonds. The van der Waals surface area contributed by atoms with Crippen molar-refractivity contribution in [1.82, 2.24) is 0 Å². The topological polar surface area (TPSA) is 69.7 Å². The van der Waals surface area contributed by atoms with Crippen LogP contribution in [0.1, 0.15) is 49.9 Å². The lowest BCUT2D eigenvalue weighted by Crippen LogP contribution is -2.39. The van der Waals surface area contributed by atoms with E-state index in [1.807, 2.05) is 13.8 Å². The van der Waals surface area contributed by atoms with Crippen molar-refractivity contribution in [2.75, 3.05) is 0 Å². The number of esters is 1. The molecular weight excluding hydrogens is 335 g/mol. The van der Waals surface area contributed by atoms with Crippen molar-refractivity contribution < 1.29 is 26.0 Å². The van der Waals surface area contributed by atoms with Gasteiger partial charge in [-0.3, -0.25) is 0 Å². The van der Waals surface area contributed by atoms with Gasteiger partial charge >= 0.3 is 16.5 Å². The van der Waals surface area contributed by atoms with Crippen molar-refractivity contribution >= 4 is 16.5 Å². The average Bonchev–Trinajstić information content (AvgIpc) is 3.08. The molecule has 2 bridgehead atoms. The van der Waals surface area contributed by atoms with Gasteiger partial charge in [-0.15, -0.1) is 0 Å². The largest absolute Gasteiger partial charge is 0.488 e. The lowest BCUT2D eigenvalue weighted by molar-refractivity contribution is -0.0433. The predicted octanol–water partition coefficient (Wildman–Crippen LogP) is 3.65. The van der Waals surface area contributed by atoms with Crippen LogP contribution in [0.15, 0.2) is 24.3 Å². The van der Waals surface area contributed by atoms with Gasteiger partial charge in [-0.05, 0) is 69.2 Å². The van der Waals surface area contributed by atoms with Crippen molar-refractivity contribution in [3.8, 4) is 5.75 Å². The second-order valence-electron chi connectivity index (χ2n) is 7.28. The highest BCUT2D eigenvalue weighted by atomic mass is 32.3. The SMILES string of the molecule is CC(C)(OC(=O)c1ccc(OS(=O)(=O)F)cc1)C1CC2CCC1C2. The highest BCUT2D eigenvalue weighted by molar-refractivity contribution is 7.81. The molecule has 2 aliphatic rings.